The first kappa shape index (κ1) is 25.7. The molecule has 180 valence electrons. The van der Waals surface area contributed by atoms with Gasteiger partial charge < -0.3 is 26.0 Å². The van der Waals surface area contributed by atoms with Crippen molar-refractivity contribution in [2.75, 3.05) is 6.54 Å². The minimum Gasteiger partial charge on any atom is -0.508 e. The number of benzene rings is 3. The SMILES string of the molecule is C[C@H](Cc1cccc(CC(=O)NCc2ccc(Cl)cc2)c1)NC[C@H](O)c1ccc(O)c(CO)c1. The fraction of sp³-hybridized carbons (Fsp3) is 0.296. The summed E-state index contributed by atoms with van der Waals surface area (Å²) in [5.41, 5.74) is 4.06. The highest BCUT2D eigenvalue weighted by Crippen LogP contribution is 2.22. The maximum Gasteiger partial charge on any atom is 0.224 e. The van der Waals surface area contributed by atoms with Gasteiger partial charge in [-0.05, 0) is 59.9 Å². The van der Waals surface area contributed by atoms with Gasteiger partial charge in [0, 0.05) is 29.7 Å². The van der Waals surface area contributed by atoms with Crippen LogP contribution in [0.4, 0.5) is 0 Å². The van der Waals surface area contributed by atoms with Crippen molar-refractivity contribution in [1.29, 1.82) is 0 Å². The van der Waals surface area contributed by atoms with Gasteiger partial charge in [-0.1, -0.05) is 54.1 Å². The van der Waals surface area contributed by atoms with E-state index in [0.717, 1.165) is 23.1 Å². The van der Waals surface area contributed by atoms with Crippen molar-refractivity contribution >= 4 is 17.5 Å². The zero-order valence-corrected chi connectivity index (χ0v) is 19.9. The monoisotopic (exact) mass is 482 g/mol. The number of rotatable bonds is 11. The number of carbonyl (C=O) groups excluding carboxylic acids is 1. The Bertz CT molecular complexity index is 1090. The second kappa shape index (κ2) is 12.5. The van der Waals surface area contributed by atoms with Gasteiger partial charge in [0.2, 0.25) is 5.91 Å². The van der Waals surface area contributed by atoms with Crippen LogP contribution in [0.5, 0.6) is 5.75 Å². The van der Waals surface area contributed by atoms with Crippen molar-refractivity contribution in [1.82, 2.24) is 10.6 Å². The number of aliphatic hydroxyl groups is 2. The van der Waals surface area contributed by atoms with E-state index in [-0.39, 0.29) is 24.3 Å². The predicted molar refractivity (Wildman–Crippen MR) is 134 cm³/mol. The lowest BCUT2D eigenvalue weighted by Crippen LogP contribution is -2.32. The van der Waals surface area contributed by atoms with Gasteiger partial charge in [-0.3, -0.25) is 4.79 Å². The summed E-state index contributed by atoms with van der Waals surface area (Å²) < 4.78 is 0. The first-order valence-corrected chi connectivity index (χ1v) is 11.6. The number of aromatic hydroxyl groups is 1. The van der Waals surface area contributed by atoms with Crippen LogP contribution in [0.15, 0.2) is 66.7 Å². The molecule has 34 heavy (non-hydrogen) atoms. The molecule has 0 aliphatic carbocycles. The summed E-state index contributed by atoms with van der Waals surface area (Å²) in [4.78, 5) is 12.4. The number of hydrogen-bond donors (Lipinski definition) is 5. The van der Waals surface area contributed by atoms with E-state index >= 15 is 0 Å². The third kappa shape index (κ3) is 7.85. The van der Waals surface area contributed by atoms with Gasteiger partial charge in [-0.2, -0.15) is 0 Å². The first-order valence-electron chi connectivity index (χ1n) is 11.3. The molecular formula is C27H31ClN2O4. The number of nitrogens with one attached hydrogen (secondary N) is 2. The Hall–Kier alpha value is -2.90. The molecular weight excluding hydrogens is 452 g/mol. The Labute approximate surface area is 205 Å². The smallest absolute Gasteiger partial charge is 0.224 e. The molecule has 3 aromatic carbocycles. The van der Waals surface area contributed by atoms with Gasteiger partial charge in [0.1, 0.15) is 5.75 Å². The molecule has 0 heterocycles. The van der Waals surface area contributed by atoms with Gasteiger partial charge in [0.15, 0.2) is 0 Å². The molecule has 0 aliphatic rings. The van der Waals surface area contributed by atoms with E-state index in [9.17, 15) is 20.1 Å². The van der Waals surface area contributed by atoms with Crippen LogP contribution in [0.3, 0.4) is 0 Å². The molecule has 2 atom stereocenters. The minimum atomic E-state index is -0.760. The van der Waals surface area contributed by atoms with Crippen molar-refractivity contribution in [3.8, 4) is 5.75 Å². The third-order valence-electron chi connectivity index (χ3n) is 5.62. The normalized spacial score (nSPS) is 12.8. The van der Waals surface area contributed by atoms with Crippen molar-refractivity contribution < 1.29 is 20.1 Å². The van der Waals surface area contributed by atoms with E-state index in [4.69, 9.17) is 11.6 Å². The summed E-state index contributed by atoms with van der Waals surface area (Å²) in [5.74, 6) is -0.0316. The van der Waals surface area contributed by atoms with Crippen LogP contribution < -0.4 is 10.6 Å². The van der Waals surface area contributed by atoms with Crippen molar-refractivity contribution in [3.05, 3.63) is 99.6 Å². The fourth-order valence-electron chi connectivity index (χ4n) is 3.71. The number of phenols is 1. The van der Waals surface area contributed by atoms with Crippen LogP contribution in [0.1, 0.15) is 40.8 Å². The van der Waals surface area contributed by atoms with Crippen molar-refractivity contribution in [2.45, 2.75) is 45.1 Å². The Morgan fingerprint density at radius 2 is 1.74 bits per heavy atom. The molecule has 1 amide bonds. The number of aliphatic hydroxyl groups excluding tert-OH is 2. The van der Waals surface area contributed by atoms with Crippen LogP contribution in [0.2, 0.25) is 5.02 Å². The Morgan fingerprint density at radius 3 is 2.47 bits per heavy atom. The molecule has 3 aromatic rings. The average Bonchev–Trinajstić information content (AvgIpc) is 2.82. The maximum absolute atomic E-state index is 12.4. The average molecular weight is 483 g/mol. The molecule has 0 saturated carbocycles. The number of hydrogen-bond acceptors (Lipinski definition) is 5. The van der Waals surface area contributed by atoms with E-state index < -0.39 is 6.10 Å². The summed E-state index contributed by atoms with van der Waals surface area (Å²) in [5, 5.41) is 36.4. The lowest BCUT2D eigenvalue weighted by Gasteiger charge is -2.18. The highest BCUT2D eigenvalue weighted by molar-refractivity contribution is 6.30. The van der Waals surface area contributed by atoms with Crippen molar-refractivity contribution in [3.63, 3.8) is 0 Å². The molecule has 3 rings (SSSR count). The Kier molecular flexibility index (Phi) is 9.48. The van der Waals surface area contributed by atoms with Gasteiger partial charge in [0.05, 0.1) is 19.1 Å². The molecule has 5 N–H and O–H groups in total. The molecule has 0 unspecified atom stereocenters. The Balaban J connectivity index is 1.47. The summed E-state index contributed by atoms with van der Waals surface area (Å²) in [6.07, 6.45) is 0.282. The maximum atomic E-state index is 12.4. The largest absolute Gasteiger partial charge is 0.508 e. The molecule has 0 saturated heterocycles. The molecule has 0 aromatic heterocycles. The topological polar surface area (TPSA) is 102 Å². The van der Waals surface area contributed by atoms with E-state index in [2.05, 4.69) is 10.6 Å². The summed E-state index contributed by atoms with van der Waals surface area (Å²) in [6, 6.07) is 20.2. The van der Waals surface area contributed by atoms with Gasteiger partial charge in [-0.25, -0.2) is 0 Å². The molecule has 7 heteroatoms. The lowest BCUT2D eigenvalue weighted by atomic mass is 10.0. The van der Waals surface area contributed by atoms with Crippen LogP contribution in [-0.2, 0) is 30.8 Å². The van der Waals surface area contributed by atoms with Gasteiger partial charge in [-0.15, -0.1) is 0 Å². The highest BCUT2D eigenvalue weighted by atomic mass is 35.5. The fourth-order valence-corrected chi connectivity index (χ4v) is 3.84. The molecule has 6 nitrogen and oxygen atoms in total. The predicted octanol–water partition coefficient (Wildman–Crippen LogP) is 3.65. The number of carbonyl (C=O) groups is 1. The van der Waals surface area contributed by atoms with Crippen LogP contribution in [0, 0.1) is 0 Å². The Morgan fingerprint density at radius 1 is 1.00 bits per heavy atom. The van der Waals surface area contributed by atoms with E-state index in [1.165, 1.54) is 6.07 Å². The van der Waals surface area contributed by atoms with E-state index in [1.807, 2.05) is 43.3 Å². The molecule has 0 spiro atoms. The zero-order valence-electron chi connectivity index (χ0n) is 19.2. The summed E-state index contributed by atoms with van der Waals surface area (Å²) in [6.45, 7) is 2.54. The quantitative estimate of drug-likeness (QED) is 0.287. The molecule has 0 radical (unpaired) electrons. The second-order valence-electron chi connectivity index (χ2n) is 8.48. The van der Waals surface area contributed by atoms with E-state index in [1.54, 1.807) is 24.3 Å². The van der Waals surface area contributed by atoms with Crippen LogP contribution >= 0.6 is 11.6 Å². The second-order valence-corrected chi connectivity index (χ2v) is 8.91. The zero-order chi connectivity index (χ0) is 24.5. The molecule has 0 fully saturated rings. The number of halogens is 1. The standard InChI is InChI=1S/C27H31ClN2O4/c1-18(29-16-26(33)22-7-10-25(32)23(14-22)17-31)11-20-3-2-4-21(12-20)13-27(34)30-15-19-5-8-24(28)9-6-19/h2-10,12,14,18,26,29,31-33H,11,13,15-17H2,1H3,(H,30,34)/t18-,26+/m1/s1. The first-order chi connectivity index (χ1) is 16.3. The van der Waals surface area contributed by atoms with Gasteiger partial charge in [0.25, 0.3) is 0 Å². The molecule has 0 aliphatic heterocycles. The third-order valence-corrected chi connectivity index (χ3v) is 5.87. The minimum absolute atomic E-state index is 0.0123. The van der Waals surface area contributed by atoms with Gasteiger partial charge >= 0.3 is 0 Å². The van der Waals surface area contributed by atoms with E-state index in [0.29, 0.717) is 35.7 Å². The van der Waals surface area contributed by atoms with Crippen molar-refractivity contribution in [2.24, 2.45) is 0 Å². The van der Waals surface area contributed by atoms with Crippen LogP contribution in [0.25, 0.3) is 0 Å². The lowest BCUT2D eigenvalue weighted by molar-refractivity contribution is -0.120. The summed E-state index contributed by atoms with van der Waals surface area (Å²) in [7, 11) is 0. The molecule has 0 bridgehead atoms. The summed E-state index contributed by atoms with van der Waals surface area (Å²) >= 11 is 5.89. The van der Waals surface area contributed by atoms with Crippen LogP contribution in [-0.4, -0.2) is 33.8 Å². The number of amides is 1. The highest BCUT2D eigenvalue weighted by Gasteiger charge is 2.13.